The maximum Gasteiger partial charge on any atom is 0.272 e. The van der Waals surface area contributed by atoms with Crippen LogP contribution in [-0.2, 0) is 12.3 Å². The number of hydrogen-bond donors (Lipinski definition) is 1. The summed E-state index contributed by atoms with van der Waals surface area (Å²) in [4.78, 5) is 16.8. The van der Waals surface area contributed by atoms with Gasteiger partial charge in [0.05, 0.1) is 18.5 Å². The van der Waals surface area contributed by atoms with Crippen LogP contribution in [0, 0.1) is 11.3 Å². The summed E-state index contributed by atoms with van der Waals surface area (Å²) in [6.07, 6.45) is 3.06. The molecule has 0 aliphatic rings. The average Bonchev–Trinajstić information content (AvgIpc) is 3.53. The summed E-state index contributed by atoms with van der Waals surface area (Å²) in [6.45, 7) is 0.567. The van der Waals surface area contributed by atoms with Crippen molar-refractivity contribution in [3.05, 3.63) is 88.2 Å². The standard InChI is InChI=1S/C21H15N7O2S/c22-10-15-11-23-28-18(29)9-16(24-19(15)28)13-31-21-26-25-20(17-7-4-8-30-17)27(21)12-14-5-2-1-3-6-14/h1-9,11,23H,12-13H2. The molecule has 0 unspecified atom stereocenters. The van der Waals surface area contributed by atoms with Gasteiger partial charge >= 0.3 is 0 Å². The molecule has 0 fully saturated rings. The highest BCUT2D eigenvalue weighted by molar-refractivity contribution is 7.98. The van der Waals surface area contributed by atoms with E-state index in [9.17, 15) is 10.1 Å². The molecule has 0 amide bonds. The van der Waals surface area contributed by atoms with Crippen molar-refractivity contribution in [3.8, 4) is 17.7 Å². The summed E-state index contributed by atoms with van der Waals surface area (Å²) in [5.74, 6) is 1.64. The minimum Gasteiger partial charge on any atom is -0.461 e. The first kappa shape index (κ1) is 18.9. The Morgan fingerprint density at radius 1 is 1.16 bits per heavy atom. The summed E-state index contributed by atoms with van der Waals surface area (Å²) in [6, 6.07) is 17.1. The lowest BCUT2D eigenvalue weighted by Gasteiger charge is -2.09. The van der Waals surface area contributed by atoms with Crippen molar-refractivity contribution in [1.29, 1.82) is 5.26 Å². The maximum absolute atomic E-state index is 12.3. The van der Waals surface area contributed by atoms with E-state index in [0.717, 1.165) is 5.56 Å². The predicted octanol–water partition coefficient (Wildman–Crippen LogP) is 3.09. The molecule has 4 heterocycles. The summed E-state index contributed by atoms with van der Waals surface area (Å²) in [7, 11) is 0. The van der Waals surface area contributed by atoms with E-state index >= 15 is 0 Å². The lowest BCUT2D eigenvalue weighted by atomic mass is 10.2. The molecule has 0 radical (unpaired) electrons. The van der Waals surface area contributed by atoms with Gasteiger partial charge in [-0.15, -0.1) is 10.2 Å². The van der Waals surface area contributed by atoms with Gasteiger partial charge in [0.1, 0.15) is 11.6 Å². The molecule has 0 atom stereocenters. The molecule has 1 aromatic carbocycles. The average molecular weight is 429 g/mol. The Morgan fingerprint density at radius 3 is 2.81 bits per heavy atom. The highest BCUT2D eigenvalue weighted by atomic mass is 32.2. The molecule has 0 bridgehead atoms. The van der Waals surface area contributed by atoms with Gasteiger partial charge in [-0.05, 0) is 17.7 Å². The maximum atomic E-state index is 12.3. The van der Waals surface area contributed by atoms with Crippen molar-refractivity contribution in [1.82, 2.24) is 29.4 Å². The number of H-pyrrole nitrogens is 1. The number of furan rings is 1. The first-order chi connectivity index (χ1) is 15.2. The van der Waals surface area contributed by atoms with E-state index in [1.165, 1.54) is 28.5 Å². The monoisotopic (exact) mass is 429 g/mol. The zero-order valence-electron chi connectivity index (χ0n) is 16.1. The molecule has 152 valence electrons. The van der Waals surface area contributed by atoms with E-state index < -0.39 is 0 Å². The van der Waals surface area contributed by atoms with Crippen molar-refractivity contribution in [2.45, 2.75) is 17.5 Å². The van der Waals surface area contributed by atoms with Crippen LogP contribution in [0.25, 0.3) is 17.2 Å². The van der Waals surface area contributed by atoms with Gasteiger partial charge in [-0.25, -0.2) is 9.50 Å². The van der Waals surface area contributed by atoms with Crippen molar-refractivity contribution < 1.29 is 4.42 Å². The Hall–Kier alpha value is -4.10. The van der Waals surface area contributed by atoms with E-state index in [1.807, 2.05) is 47.0 Å². The van der Waals surface area contributed by atoms with E-state index in [4.69, 9.17) is 4.42 Å². The Morgan fingerprint density at radius 2 is 2.03 bits per heavy atom. The number of aromatic nitrogens is 6. The number of nitriles is 1. The molecule has 5 aromatic rings. The van der Waals surface area contributed by atoms with E-state index in [0.29, 0.717) is 45.9 Å². The second-order valence-electron chi connectivity index (χ2n) is 6.69. The van der Waals surface area contributed by atoms with E-state index in [1.54, 1.807) is 12.3 Å². The summed E-state index contributed by atoms with van der Waals surface area (Å²) in [5, 5.41) is 21.3. The minimum absolute atomic E-state index is 0.274. The van der Waals surface area contributed by atoms with Gasteiger partial charge in [0.15, 0.2) is 16.6 Å². The van der Waals surface area contributed by atoms with Crippen LogP contribution in [0.4, 0.5) is 0 Å². The SMILES string of the molecule is N#Cc1c[nH]n2c(=O)cc(CSc3nnc(-c4ccco4)n3Cc3ccccc3)nc12. The van der Waals surface area contributed by atoms with E-state index in [-0.39, 0.29) is 5.56 Å². The lowest BCUT2D eigenvalue weighted by Crippen LogP contribution is -2.15. The lowest BCUT2D eigenvalue weighted by molar-refractivity contribution is 0.569. The van der Waals surface area contributed by atoms with Gasteiger partial charge in [-0.2, -0.15) is 5.26 Å². The molecule has 0 saturated heterocycles. The number of hydrogen-bond acceptors (Lipinski definition) is 7. The fraction of sp³-hybridized carbons (Fsp3) is 0.0952. The quantitative estimate of drug-likeness (QED) is 0.412. The smallest absolute Gasteiger partial charge is 0.272 e. The Bertz CT molecular complexity index is 1440. The fourth-order valence-electron chi connectivity index (χ4n) is 3.22. The van der Waals surface area contributed by atoms with Crippen LogP contribution < -0.4 is 5.56 Å². The third-order valence-corrected chi connectivity index (χ3v) is 5.66. The molecule has 4 aromatic heterocycles. The van der Waals surface area contributed by atoms with Crippen LogP contribution >= 0.6 is 11.8 Å². The third-order valence-electron chi connectivity index (χ3n) is 4.66. The highest BCUT2D eigenvalue weighted by Crippen LogP contribution is 2.27. The predicted molar refractivity (Wildman–Crippen MR) is 113 cm³/mol. The molecule has 5 rings (SSSR count). The topological polar surface area (TPSA) is 118 Å². The molecule has 9 nitrogen and oxygen atoms in total. The molecular weight excluding hydrogens is 414 g/mol. The Balaban J connectivity index is 1.47. The van der Waals surface area contributed by atoms with Crippen molar-refractivity contribution in [2.75, 3.05) is 0 Å². The Labute approximate surface area is 180 Å². The first-order valence-electron chi connectivity index (χ1n) is 9.37. The van der Waals surface area contributed by atoms with Crippen LogP contribution in [0.1, 0.15) is 16.8 Å². The summed E-state index contributed by atoms with van der Waals surface area (Å²) >= 11 is 1.41. The van der Waals surface area contributed by atoms with Crippen molar-refractivity contribution in [2.24, 2.45) is 0 Å². The van der Waals surface area contributed by atoms with Gasteiger partial charge in [-0.3, -0.25) is 14.5 Å². The number of benzene rings is 1. The molecule has 0 aliphatic carbocycles. The fourth-order valence-corrected chi connectivity index (χ4v) is 4.05. The van der Waals surface area contributed by atoms with E-state index in [2.05, 4.69) is 20.3 Å². The summed E-state index contributed by atoms with van der Waals surface area (Å²) in [5.41, 5.74) is 2.01. The molecule has 1 N–H and O–H groups in total. The normalized spacial score (nSPS) is 11.1. The molecule has 10 heteroatoms. The first-order valence-corrected chi connectivity index (χ1v) is 10.4. The minimum atomic E-state index is -0.274. The number of rotatable bonds is 6. The number of nitrogens with zero attached hydrogens (tertiary/aromatic N) is 6. The zero-order chi connectivity index (χ0) is 21.2. The zero-order valence-corrected chi connectivity index (χ0v) is 16.9. The molecule has 0 saturated carbocycles. The molecular formula is C21H15N7O2S. The number of aromatic amines is 1. The van der Waals surface area contributed by atoms with Gasteiger partial charge in [0.2, 0.25) is 5.82 Å². The number of thioether (sulfide) groups is 1. The molecule has 0 aliphatic heterocycles. The second-order valence-corrected chi connectivity index (χ2v) is 7.63. The van der Waals surface area contributed by atoms with Crippen LogP contribution in [0.15, 0.2) is 75.4 Å². The van der Waals surface area contributed by atoms with Gasteiger partial charge in [0, 0.05) is 18.0 Å². The van der Waals surface area contributed by atoms with Crippen molar-refractivity contribution in [3.63, 3.8) is 0 Å². The number of fused-ring (bicyclic) bond motifs is 1. The second kappa shape index (κ2) is 7.97. The molecule has 31 heavy (non-hydrogen) atoms. The van der Waals surface area contributed by atoms with Crippen LogP contribution in [0.3, 0.4) is 0 Å². The largest absolute Gasteiger partial charge is 0.461 e. The van der Waals surface area contributed by atoms with Gasteiger partial charge < -0.3 is 4.42 Å². The number of nitrogens with one attached hydrogen (secondary N) is 1. The molecule has 0 spiro atoms. The summed E-state index contributed by atoms with van der Waals surface area (Å²) < 4.78 is 8.75. The van der Waals surface area contributed by atoms with Crippen LogP contribution in [-0.4, -0.2) is 29.4 Å². The Kier molecular flexibility index (Phi) is 4.86. The van der Waals surface area contributed by atoms with Crippen LogP contribution in [0.2, 0.25) is 0 Å². The van der Waals surface area contributed by atoms with Crippen LogP contribution in [0.5, 0.6) is 0 Å². The third kappa shape index (κ3) is 3.62. The van der Waals surface area contributed by atoms with Gasteiger partial charge in [-0.1, -0.05) is 42.1 Å². The van der Waals surface area contributed by atoms with Gasteiger partial charge in [0.25, 0.3) is 5.56 Å². The highest BCUT2D eigenvalue weighted by Gasteiger charge is 2.17. The van der Waals surface area contributed by atoms with Crippen molar-refractivity contribution >= 4 is 17.4 Å².